The molecule has 3 aromatic rings. The Morgan fingerprint density at radius 3 is 2.42 bits per heavy atom. The first-order chi connectivity index (χ1) is 12.6. The predicted molar refractivity (Wildman–Crippen MR) is 97.8 cm³/mol. The van der Waals surface area contributed by atoms with Crippen molar-refractivity contribution in [2.45, 2.75) is 13.0 Å². The zero-order valence-corrected chi connectivity index (χ0v) is 14.1. The van der Waals surface area contributed by atoms with Gasteiger partial charge in [0, 0.05) is 11.8 Å². The molecule has 26 heavy (non-hydrogen) atoms. The van der Waals surface area contributed by atoms with Crippen molar-refractivity contribution >= 4 is 11.6 Å². The average molecular weight is 347 g/mol. The van der Waals surface area contributed by atoms with Crippen molar-refractivity contribution in [1.82, 2.24) is 10.3 Å². The van der Waals surface area contributed by atoms with Gasteiger partial charge in [0.15, 0.2) is 0 Å². The summed E-state index contributed by atoms with van der Waals surface area (Å²) >= 11 is 0. The topological polar surface area (TPSA) is 85.1 Å². The van der Waals surface area contributed by atoms with Crippen molar-refractivity contribution in [2.75, 3.05) is 0 Å². The maximum Gasteiger partial charge on any atom is 0.285 e. The van der Waals surface area contributed by atoms with Gasteiger partial charge in [0.1, 0.15) is 5.56 Å². The molecule has 1 N–H and O–H groups in total. The highest BCUT2D eigenvalue weighted by Crippen LogP contribution is 2.25. The highest BCUT2D eigenvalue weighted by Gasteiger charge is 2.25. The van der Waals surface area contributed by atoms with Crippen LogP contribution < -0.4 is 5.32 Å². The van der Waals surface area contributed by atoms with E-state index in [4.69, 9.17) is 0 Å². The number of carbonyl (C=O) groups excluding carboxylic acids is 1. The second kappa shape index (κ2) is 7.57. The third kappa shape index (κ3) is 3.59. The Morgan fingerprint density at radius 2 is 1.77 bits per heavy atom. The molecule has 0 aliphatic heterocycles. The quantitative estimate of drug-likeness (QED) is 0.562. The minimum atomic E-state index is -0.525. The summed E-state index contributed by atoms with van der Waals surface area (Å²) in [7, 11) is 0. The lowest BCUT2D eigenvalue weighted by atomic mass is 10.0. The van der Waals surface area contributed by atoms with Crippen LogP contribution >= 0.6 is 0 Å². The second-order valence-corrected chi connectivity index (χ2v) is 5.80. The molecule has 1 aromatic heterocycles. The fourth-order valence-corrected chi connectivity index (χ4v) is 2.81. The summed E-state index contributed by atoms with van der Waals surface area (Å²) in [6, 6.07) is 19.0. The highest BCUT2D eigenvalue weighted by atomic mass is 16.6. The van der Waals surface area contributed by atoms with Crippen molar-refractivity contribution < 1.29 is 9.72 Å². The third-order valence-electron chi connectivity index (χ3n) is 4.06. The molecule has 1 amide bonds. The number of amides is 1. The number of nitro benzene ring substituents is 1. The molecule has 0 bridgehead atoms. The number of hydrogen-bond donors (Lipinski definition) is 1. The van der Waals surface area contributed by atoms with E-state index in [-0.39, 0.29) is 11.3 Å². The van der Waals surface area contributed by atoms with Crippen molar-refractivity contribution in [3.8, 4) is 0 Å². The number of nitro groups is 1. The second-order valence-electron chi connectivity index (χ2n) is 5.80. The van der Waals surface area contributed by atoms with Crippen molar-refractivity contribution in [1.29, 1.82) is 0 Å². The summed E-state index contributed by atoms with van der Waals surface area (Å²) in [5.74, 6) is -0.514. The summed E-state index contributed by atoms with van der Waals surface area (Å²) in [5.41, 5.74) is 1.79. The molecule has 1 atom stereocenters. The van der Waals surface area contributed by atoms with Gasteiger partial charge < -0.3 is 5.32 Å². The summed E-state index contributed by atoms with van der Waals surface area (Å²) in [6.45, 7) is 1.61. The number of rotatable bonds is 5. The number of nitrogens with one attached hydrogen (secondary N) is 1. The Bertz CT molecular complexity index is 888. The Morgan fingerprint density at radius 1 is 1.04 bits per heavy atom. The van der Waals surface area contributed by atoms with Crippen LogP contribution in [0, 0.1) is 17.0 Å². The van der Waals surface area contributed by atoms with E-state index >= 15 is 0 Å². The van der Waals surface area contributed by atoms with Crippen molar-refractivity contribution in [2.24, 2.45) is 0 Å². The molecule has 3 rings (SSSR count). The number of aromatic nitrogens is 1. The Hall–Kier alpha value is -3.54. The van der Waals surface area contributed by atoms with Crippen molar-refractivity contribution in [3.05, 3.63) is 105 Å². The van der Waals surface area contributed by atoms with E-state index in [2.05, 4.69) is 10.3 Å². The first kappa shape index (κ1) is 17.3. The fourth-order valence-electron chi connectivity index (χ4n) is 2.81. The molecular weight excluding hydrogens is 330 g/mol. The fraction of sp³-hybridized carbons (Fsp3) is 0.100. The molecule has 1 heterocycles. The Balaban J connectivity index is 2.00. The van der Waals surface area contributed by atoms with Gasteiger partial charge in [-0.1, -0.05) is 48.5 Å². The molecule has 0 saturated heterocycles. The summed E-state index contributed by atoms with van der Waals surface area (Å²) < 4.78 is 0. The number of aryl methyl sites for hydroxylation is 1. The van der Waals surface area contributed by atoms with E-state index in [1.54, 1.807) is 31.3 Å². The van der Waals surface area contributed by atoms with E-state index in [9.17, 15) is 14.9 Å². The molecule has 0 spiro atoms. The molecule has 0 aliphatic carbocycles. The van der Waals surface area contributed by atoms with Crippen LogP contribution in [0.3, 0.4) is 0 Å². The zero-order valence-electron chi connectivity index (χ0n) is 14.1. The van der Waals surface area contributed by atoms with Crippen LogP contribution in [-0.4, -0.2) is 15.8 Å². The molecule has 0 radical (unpaired) electrons. The van der Waals surface area contributed by atoms with Gasteiger partial charge in [0.25, 0.3) is 11.6 Å². The minimum absolute atomic E-state index is 0.0341. The van der Waals surface area contributed by atoms with E-state index in [1.165, 1.54) is 6.07 Å². The van der Waals surface area contributed by atoms with Crippen LogP contribution in [0.25, 0.3) is 0 Å². The van der Waals surface area contributed by atoms with Crippen LogP contribution in [0.4, 0.5) is 5.69 Å². The molecule has 0 unspecified atom stereocenters. The van der Waals surface area contributed by atoms with E-state index in [0.29, 0.717) is 11.3 Å². The van der Waals surface area contributed by atoms with Crippen LogP contribution in [0.1, 0.15) is 33.2 Å². The molecule has 6 heteroatoms. The Kier molecular flexibility index (Phi) is 5.03. The molecule has 2 aromatic carbocycles. The molecule has 0 saturated carbocycles. The van der Waals surface area contributed by atoms with E-state index < -0.39 is 16.9 Å². The van der Waals surface area contributed by atoms with Crippen LogP contribution in [0.2, 0.25) is 0 Å². The van der Waals surface area contributed by atoms with Crippen LogP contribution in [0.15, 0.2) is 72.9 Å². The van der Waals surface area contributed by atoms with Crippen LogP contribution in [0.5, 0.6) is 0 Å². The van der Waals surface area contributed by atoms with E-state index in [0.717, 1.165) is 5.56 Å². The molecule has 0 fully saturated rings. The number of carbonyl (C=O) groups is 1. The maximum absolute atomic E-state index is 12.8. The van der Waals surface area contributed by atoms with Gasteiger partial charge in [-0.05, 0) is 30.7 Å². The maximum atomic E-state index is 12.8. The molecule has 6 nitrogen and oxygen atoms in total. The van der Waals surface area contributed by atoms with E-state index in [1.807, 2.05) is 42.5 Å². The Labute approximate surface area is 150 Å². The third-order valence-corrected chi connectivity index (χ3v) is 4.06. The van der Waals surface area contributed by atoms with Gasteiger partial charge in [-0.15, -0.1) is 0 Å². The number of para-hydroxylation sites is 1. The van der Waals surface area contributed by atoms with Crippen molar-refractivity contribution in [3.63, 3.8) is 0 Å². The number of pyridine rings is 1. The molecular formula is C20H17N3O3. The van der Waals surface area contributed by atoms with Gasteiger partial charge in [-0.3, -0.25) is 19.9 Å². The van der Waals surface area contributed by atoms with Gasteiger partial charge in [0.05, 0.1) is 16.7 Å². The largest absolute Gasteiger partial charge is 0.339 e. The van der Waals surface area contributed by atoms with Gasteiger partial charge in [-0.25, -0.2) is 0 Å². The molecule has 0 aliphatic rings. The summed E-state index contributed by atoms with van der Waals surface area (Å²) in [5, 5.41) is 14.3. The first-order valence-corrected chi connectivity index (χ1v) is 8.08. The zero-order chi connectivity index (χ0) is 18.5. The normalized spacial score (nSPS) is 11.6. The average Bonchev–Trinajstić information content (AvgIpc) is 2.66. The summed E-state index contributed by atoms with van der Waals surface area (Å²) in [6.07, 6.45) is 1.65. The van der Waals surface area contributed by atoms with Gasteiger partial charge in [-0.2, -0.15) is 0 Å². The summed E-state index contributed by atoms with van der Waals surface area (Å²) in [4.78, 5) is 28.0. The number of benzene rings is 2. The number of nitrogens with zero attached hydrogens (tertiary/aromatic N) is 2. The first-order valence-electron chi connectivity index (χ1n) is 8.08. The molecule has 130 valence electrons. The van der Waals surface area contributed by atoms with Crippen LogP contribution in [-0.2, 0) is 0 Å². The smallest absolute Gasteiger partial charge is 0.285 e. The highest BCUT2D eigenvalue weighted by molar-refractivity contribution is 5.99. The predicted octanol–water partition coefficient (Wildman–Crippen LogP) is 3.82. The van der Waals surface area contributed by atoms with Gasteiger partial charge in [0.2, 0.25) is 0 Å². The SMILES string of the molecule is Cc1cccc(C(=O)N[C@H](c2ccccc2)c2ccccn2)c1[N+](=O)[O-]. The lowest BCUT2D eigenvalue weighted by Gasteiger charge is -2.19. The monoisotopic (exact) mass is 347 g/mol. The minimum Gasteiger partial charge on any atom is -0.339 e. The standard InChI is InChI=1S/C20H17N3O3/c1-14-8-7-11-16(19(14)23(25)26)20(24)22-18(15-9-3-2-4-10-15)17-12-5-6-13-21-17/h2-13,18H,1H3,(H,22,24)/t18-/m1/s1. The lowest BCUT2D eigenvalue weighted by Crippen LogP contribution is -2.30. The van der Waals surface area contributed by atoms with Gasteiger partial charge >= 0.3 is 0 Å². The number of hydrogen-bond acceptors (Lipinski definition) is 4. The lowest BCUT2D eigenvalue weighted by molar-refractivity contribution is -0.385.